The van der Waals surface area contributed by atoms with Gasteiger partial charge in [-0.2, -0.15) is 0 Å². The molecular weight excluding hydrogens is 973 g/mol. The third kappa shape index (κ3) is 26.1. The molecule has 20 heteroatoms. The molecule has 0 radical (unpaired) electrons. The number of carbonyl (C=O) groups is 1. The highest BCUT2D eigenvalue weighted by atomic mass is 16.8. The maximum absolute atomic E-state index is 13.4. The number of benzene rings is 1. The van der Waals surface area contributed by atoms with Crippen molar-refractivity contribution in [1.29, 1.82) is 0 Å². The minimum absolute atomic E-state index is 0.00194. The normalized spacial score (nSPS) is 25.0. The van der Waals surface area contributed by atoms with Gasteiger partial charge in [-0.1, -0.05) is 124 Å². The Bertz CT molecular complexity index is 1640. The van der Waals surface area contributed by atoms with Crippen LogP contribution < -0.4 is 26.8 Å². The lowest BCUT2D eigenvalue weighted by Crippen LogP contribution is -2.64. The van der Waals surface area contributed by atoms with E-state index in [0.717, 1.165) is 82.1 Å². The maximum atomic E-state index is 13.4. The summed E-state index contributed by atoms with van der Waals surface area (Å²) in [5, 5.41) is 66.4. The summed E-state index contributed by atoms with van der Waals surface area (Å²) >= 11 is 0. The van der Waals surface area contributed by atoms with Crippen molar-refractivity contribution in [2.24, 2.45) is 22.7 Å². The smallest absolute Gasteiger partial charge is 0.338 e. The van der Waals surface area contributed by atoms with Crippen molar-refractivity contribution in [3.05, 3.63) is 35.7 Å². The zero-order valence-corrected chi connectivity index (χ0v) is 45.9. The highest BCUT2D eigenvalue weighted by Gasteiger charge is 2.50. The minimum Gasteiger partial charge on any atom is -0.493 e. The standard InChI is InChI=1S/C55H100N4O16/c1-5-8-11-12-13-14-15-16-18-23-26-67-37-55(4,38-68-27-24-19-17-20-25-56)39-69-35-41(57)33-59(58)34-44-46(60)48(62)50(64)53(73-44)75-54-51(65)49(63)47(61)45(74-54)36-72-52(66)40-30-42(70-28-21-9-6-2)32-43(31-40)71-29-22-10-7-3/h30-33,44-51,53-54,60-65H,5-29,34-39,56-58H2,1-4H3/b41-33-. The van der Waals surface area contributed by atoms with Gasteiger partial charge in [0.05, 0.1) is 57.4 Å². The van der Waals surface area contributed by atoms with E-state index in [4.69, 9.17) is 59.9 Å². The first-order chi connectivity index (χ1) is 36.2. The van der Waals surface area contributed by atoms with E-state index in [1.165, 1.54) is 69.7 Å². The van der Waals surface area contributed by atoms with E-state index in [0.29, 0.717) is 57.7 Å². The van der Waals surface area contributed by atoms with Crippen LogP contribution in [-0.4, -0.2) is 176 Å². The average Bonchev–Trinajstić information content (AvgIpc) is 3.39. The molecule has 2 fully saturated rings. The van der Waals surface area contributed by atoms with Crippen molar-refractivity contribution in [1.82, 2.24) is 5.01 Å². The lowest BCUT2D eigenvalue weighted by atomic mass is 9.94. The van der Waals surface area contributed by atoms with Crippen LogP contribution in [0.4, 0.5) is 0 Å². The van der Waals surface area contributed by atoms with Crippen LogP contribution in [0.15, 0.2) is 30.1 Å². The molecule has 0 spiro atoms. The molecule has 2 aliphatic heterocycles. The summed E-state index contributed by atoms with van der Waals surface area (Å²) in [5.41, 5.74) is 11.9. The summed E-state index contributed by atoms with van der Waals surface area (Å²) in [6.07, 6.45) is 6.46. The Hall–Kier alpha value is -2.93. The number of unbranched alkanes of at least 4 members (excludes halogenated alkanes) is 16. The first kappa shape index (κ1) is 66.4. The Morgan fingerprint density at radius 1 is 0.600 bits per heavy atom. The van der Waals surface area contributed by atoms with Crippen LogP contribution in [0.2, 0.25) is 0 Å². The SMILES string of the molecule is CCCCCCCCCCCCOCC(C)(COCCCCCCN)COC/C(N)=C/N(N)CC1OC(OC2OC(COC(=O)c3cc(OCCCCC)cc(OCCCCC)c3)C(O)C(O)C2O)C(O)C(O)C1O. The molecule has 436 valence electrons. The molecule has 11 atom stereocenters. The predicted molar refractivity (Wildman–Crippen MR) is 284 cm³/mol. The minimum atomic E-state index is -1.89. The molecule has 20 nitrogen and oxygen atoms in total. The third-order valence-electron chi connectivity index (χ3n) is 13.4. The molecular formula is C55H100N4O16. The van der Waals surface area contributed by atoms with Gasteiger partial charge in [0.25, 0.3) is 0 Å². The van der Waals surface area contributed by atoms with E-state index >= 15 is 0 Å². The lowest BCUT2D eigenvalue weighted by molar-refractivity contribution is -0.375. The van der Waals surface area contributed by atoms with Crippen LogP contribution in [-0.2, 0) is 33.2 Å². The lowest BCUT2D eigenvalue weighted by Gasteiger charge is -2.45. The number of rotatable bonds is 43. The van der Waals surface area contributed by atoms with Crippen molar-refractivity contribution in [2.45, 2.75) is 218 Å². The second-order valence-electron chi connectivity index (χ2n) is 20.8. The molecule has 2 saturated heterocycles. The Balaban J connectivity index is 1.56. The molecule has 0 bridgehead atoms. The molecule has 1 aromatic rings. The molecule has 11 unspecified atom stereocenters. The fraction of sp³-hybridized carbons (Fsp3) is 0.836. The number of carbonyl (C=O) groups excluding carboxylic acids is 1. The second-order valence-corrected chi connectivity index (χ2v) is 20.8. The quantitative estimate of drug-likeness (QED) is 0.0178. The van der Waals surface area contributed by atoms with Gasteiger partial charge in [0.2, 0.25) is 0 Å². The van der Waals surface area contributed by atoms with E-state index in [1.54, 1.807) is 6.07 Å². The Kier molecular flexibility index (Phi) is 34.2. The number of nitrogens with two attached hydrogens (primary N) is 3. The number of hydrogen-bond acceptors (Lipinski definition) is 20. The van der Waals surface area contributed by atoms with Gasteiger partial charge in [-0.15, -0.1) is 0 Å². The number of ether oxygens (including phenoxy) is 9. The predicted octanol–water partition coefficient (Wildman–Crippen LogP) is 5.09. The Labute approximate surface area is 447 Å². The molecule has 0 aliphatic carbocycles. The highest BCUT2D eigenvalue weighted by Crippen LogP contribution is 2.30. The molecule has 2 heterocycles. The Morgan fingerprint density at radius 3 is 1.56 bits per heavy atom. The van der Waals surface area contributed by atoms with E-state index in [1.807, 2.05) is 0 Å². The largest absolute Gasteiger partial charge is 0.493 e. The maximum Gasteiger partial charge on any atom is 0.338 e. The topological polar surface area (TPSA) is 303 Å². The van der Waals surface area contributed by atoms with Crippen molar-refractivity contribution >= 4 is 5.97 Å². The summed E-state index contributed by atoms with van der Waals surface area (Å²) in [4.78, 5) is 13.4. The molecule has 12 N–H and O–H groups in total. The summed E-state index contributed by atoms with van der Waals surface area (Å²) < 4.78 is 53.1. The zero-order valence-electron chi connectivity index (χ0n) is 45.9. The van der Waals surface area contributed by atoms with Gasteiger partial charge >= 0.3 is 5.97 Å². The van der Waals surface area contributed by atoms with Gasteiger partial charge in [0, 0.05) is 30.9 Å². The first-order valence-corrected chi connectivity index (χ1v) is 28.2. The van der Waals surface area contributed by atoms with Crippen molar-refractivity contribution in [3.8, 4) is 11.5 Å². The molecule has 0 amide bonds. The molecule has 3 rings (SSSR count). The van der Waals surface area contributed by atoms with Crippen LogP contribution in [0.25, 0.3) is 0 Å². The van der Waals surface area contributed by atoms with Gasteiger partial charge < -0.3 is 89.7 Å². The van der Waals surface area contributed by atoms with Crippen molar-refractivity contribution < 1.29 is 78.1 Å². The van der Waals surface area contributed by atoms with Gasteiger partial charge in [-0.3, -0.25) is 0 Å². The monoisotopic (exact) mass is 1070 g/mol. The first-order valence-electron chi connectivity index (χ1n) is 28.2. The average molecular weight is 1070 g/mol. The zero-order chi connectivity index (χ0) is 54.9. The van der Waals surface area contributed by atoms with Crippen LogP contribution in [0.5, 0.6) is 11.5 Å². The van der Waals surface area contributed by atoms with Crippen LogP contribution >= 0.6 is 0 Å². The van der Waals surface area contributed by atoms with Crippen molar-refractivity contribution in [2.75, 3.05) is 72.6 Å². The summed E-state index contributed by atoms with van der Waals surface area (Å²) in [6.45, 7) is 11.6. The number of aliphatic hydroxyl groups is 6. The second kappa shape index (κ2) is 38.6. The summed E-state index contributed by atoms with van der Waals surface area (Å²) in [5.74, 6) is 6.32. The van der Waals surface area contributed by atoms with Gasteiger partial charge in [0.15, 0.2) is 12.6 Å². The van der Waals surface area contributed by atoms with E-state index in [2.05, 4.69) is 27.7 Å². The molecule has 0 saturated carbocycles. The molecule has 1 aromatic carbocycles. The van der Waals surface area contributed by atoms with Crippen molar-refractivity contribution in [3.63, 3.8) is 0 Å². The number of aliphatic hydroxyl groups excluding tert-OH is 6. The molecule has 0 aromatic heterocycles. The number of esters is 1. The number of nitrogens with zero attached hydrogens (tertiary/aromatic N) is 1. The molecule has 2 aliphatic rings. The fourth-order valence-corrected chi connectivity index (χ4v) is 8.74. The fourth-order valence-electron chi connectivity index (χ4n) is 8.74. The van der Waals surface area contributed by atoms with Gasteiger partial charge in [-0.05, 0) is 50.8 Å². The van der Waals surface area contributed by atoms with Gasteiger partial charge in [0.1, 0.15) is 66.9 Å². The van der Waals surface area contributed by atoms with Gasteiger partial charge in [-0.25, -0.2) is 10.6 Å². The van der Waals surface area contributed by atoms with E-state index in [-0.39, 0.29) is 31.0 Å². The van der Waals surface area contributed by atoms with Crippen LogP contribution in [0.1, 0.15) is 166 Å². The number of hydrogen-bond donors (Lipinski definition) is 9. The number of hydrazine groups is 1. The van der Waals surface area contributed by atoms with E-state index < -0.39 is 79.4 Å². The third-order valence-corrected chi connectivity index (χ3v) is 13.4. The van der Waals surface area contributed by atoms with E-state index in [9.17, 15) is 35.4 Å². The van der Waals surface area contributed by atoms with Crippen LogP contribution in [0, 0.1) is 5.41 Å². The summed E-state index contributed by atoms with van der Waals surface area (Å²) in [6, 6.07) is 4.75. The van der Waals surface area contributed by atoms with Crippen LogP contribution in [0.3, 0.4) is 0 Å². The summed E-state index contributed by atoms with van der Waals surface area (Å²) in [7, 11) is 0. The molecule has 75 heavy (non-hydrogen) atoms. The highest BCUT2D eigenvalue weighted by molar-refractivity contribution is 5.90. The Morgan fingerprint density at radius 2 is 1.04 bits per heavy atom.